The van der Waals surface area contributed by atoms with Crippen molar-refractivity contribution < 1.29 is 23.8 Å². The summed E-state index contributed by atoms with van der Waals surface area (Å²) in [6, 6.07) is -0.395. The van der Waals surface area contributed by atoms with Crippen LogP contribution in [0.3, 0.4) is 0 Å². The summed E-state index contributed by atoms with van der Waals surface area (Å²) in [7, 11) is 1.31. The third-order valence-electron chi connectivity index (χ3n) is 3.33. The second-order valence-electron chi connectivity index (χ2n) is 5.06. The third kappa shape index (κ3) is 1.88. The van der Waals surface area contributed by atoms with Gasteiger partial charge in [-0.1, -0.05) is 15.9 Å². The lowest BCUT2D eigenvalue weighted by atomic mass is 9.92. The van der Waals surface area contributed by atoms with E-state index >= 15 is 0 Å². The Bertz CT molecular complexity index is 468. The number of alkyl halides is 1. The Labute approximate surface area is 127 Å². The van der Waals surface area contributed by atoms with Crippen molar-refractivity contribution in [1.29, 1.82) is 0 Å². The van der Waals surface area contributed by atoms with Crippen molar-refractivity contribution in [2.75, 3.05) is 7.11 Å². The van der Waals surface area contributed by atoms with Crippen LogP contribution in [0.15, 0.2) is 10.6 Å². The number of amides is 1. The predicted molar refractivity (Wildman–Crippen MR) is 71.6 cm³/mol. The molecule has 6 nitrogen and oxygen atoms in total. The van der Waals surface area contributed by atoms with Crippen LogP contribution in [0.1, 0.15) is 13.8 Å². The monoisotopic (exact) mass is 397 g/mol. The fourth-order valence-corrected chi connectivity index (χ4v) is 3.78. The average Bonchev–Trinajstić information content (AvgIpc) is 2.67. The molecule has 0 spiro atoms. The van der Waals surface area contributed by atoms with Gasteiger partial charge in [-0.15, -0.1) is 0 Å². The molecule has 8 heteroatoms. The standard InChI is InChI=1S/C11H13Br2NO5/c1-10(2)17-7-5-4-6(12)11(13,8(7)18-10)19-14(5)9(15)16-3/h4-5,7-8H,1-3H3/t5?,7-,8-,11?/m0/s1. The number of carbonyl (C=O) groups is 1. The van der Waals surface area contributed by atoms with Gasteiger partial charge in [-0.2, -0.15) is 5.06 Å². The number of fused-ring (bicyclic) bond motifs is 1. The maximum Gasteiger partial charge on any atom is 0.434 e. The molecule has 1 aliphatic carbocycles. The second-order valence-corrected chi connectivity index (χ2v) is 7.09. The van der Waals surface area contributed by atoms with Crippen molar-refractivity contribution in [2.24, 2.45) is 0 Å². The lowest BCUT2D eigenvalue weighted by Gasteiger charge is -2.50. The van der Waals surface area contributed by atoms with Crippen LogP contribution in [-0.4, -0.2) is 46.8 Å². The summed E-state index contributed by atoms with van der Waals surface area (Å²) in [5, 5.41) is 1.17. The Morgan fingerprint density at radius 1 is 1.47 bits per heavy atom. The summed E-state index contributed by atoms with van der Waals surface area (Å²) in [6.45, 7) is 3.66. The number of hydrogen-bond acceptors (Lipinski definition) is 5. The van der Waals surface area contributed by atoms with Gasteiger partial charge in [-0.05, 0) is 35.9 Å². The highest BCUT2D eigenvalue weighted by Crippen LogP contribution is 2.54. The van der Waals surface area contributed by atoms with E-state index in [4.69, 9.17) is 19.0 Å². The van der Waals surface area contributed by atoms with Crippen LogP contribution in [0.2, 0.25) is 0 Å². The zero-order chi connectivity index (χ0) is 14.0. The van der Waals surface area contributed by atoms with Crippen LogP contribution in [0.25, 0.3) is 0 Å². The van der Waals surface area contributed by atoms with Crippen LogP contribution in [0.5, 0.6) is 0 Å². The molecular weight excluding hydrogens is 386 g/mol. The molecule has 4 aliphatic rings. The molecule has 0 aromatic heterocycles. The first-order valence-electron chi connectivity index (χ1n) is 5.77. The van der Waals surface area contributed by atoms with E-state index in [0.29, 0.717) is 0 Å². The number of carbonyl (C=O) groups excluding carboxylic acids is 1. The van der Waals surface area contributed by atoms with Crippen molar-refractivity contribution in [3.8, 4) is 0 Å². The average molecular weight is 399 g/mol. The lowest BCUT2D eigenvalue weighted by Crippen LogP contribution is -2.66. The highest BCUT2D eigenvalue weighted by atomic mass is 79.9. The molecule has 3 aliphatic heterocycles. The summed E-state index contributed by atoms with van der Waals surface area (Å²) in [4.78, 5) is 17.5. The van der Waals surface area contributed by atoms with Gasteiger partial charge in [0.15, 0.2) is 5.79 Å². The van der Waals surface area contributed by atoms with Crippen molar-refractivity contribution in [3.63, 3.8) is 0 Å². The van der Waals surface area contributed by atoms with Gasteiger partial charge < -0.3 is 14.2 Å². The lowest BCUT2D eigenvalue weighted by molar-refractivity contribution is -0.262. The van der Waals surface area contributed by atoms with Crippen LogP contribution in [-0.2, 0) is 19.0 Å². The van der Waals surface area contributed by atoms with E-state index in [2.05, 4.69) is 31.9 Å². The van der Waals surface area contributed by atoms with Gasteiger partial charge in [-0.25, -0.2) is 9.63 Å². The molecule has 0 N–H and O–H groups in total. The van der Waals surface area contributed by atoms with Gasteiger partial charge in [0.25, 0.3) is 0 Å². The highest BCUT2D eigenvalue weighted by Gasteiger charge is 2.66. The molecule has 2 bridgehead atoms. The molecule has 0 radical (unpaired) electrons. The fourth-order valence-electron chi connectivity index (χ4n) is 2.57. The van der Waals surface area contributed by atoms with E-state index in [9.17, 15) is 4.79 Å². The molecular formula is C11H13Br2NO5. The number of nitrogens with zero attached hydrogens (tertiary/aromatic N) is 1. The molecule has 3 heterocycles. The molecule has 2 saturated heterocycles. The molecule has 0 aromatic rings. The highest BCUT2D eigenvalue weighted by molar-refractivity contribution is 9.14. The van der Waals surface area contributed by atoms with E-state index in [-0.39, 0.29) is 12.2 Å². The number of hydroxylamine groups is 2. The van der Waals surface area contributed by atoms with E-state index in [0.717, 1.165) is 4.48 Å². The number of ether oxygens (including phenoxy) is 3. The molecule has 4 atom stereocenters. The quantitative estimate of drug-likeness (QED) is 0.586. The number of methoxy groups -OCH3 is 1. The summed E-state index contributed by atoms with van der Waals surface area (Å²) in [5.41, 5.74) is 0. The van der Waals surface area contributed by atoms with Crippen LogP contribution in [0, 0.1) is 0 Å². The zero-order valence-electron chi connectivity index (χ0n) is 10.6. The maximum atomic E-state index is 11.8. The zero-order valence-corrected chi connectivity index (χ0v) is 13.7. The summed E-state index contributed by atoms with van der Waals surface area (Å²) >= 11 is 6.95. The van der Waals surface area contributed by atoms with E-state index in [1.807, 2.05) is 19.9 Å². The first kappa shape index (κ1) is 13.8. The van der Waals surface area contributed by atoms with Gasteiger partial charge in [-0.3, -0.25) is 0 Å². The molecule has 2 unspecified atom stereocenters. The van der Waals surface area contributed by atoms with Crippen molar-refractivity contribution in [2.45, 2.75) is 42.4 Å². The van der Waals surface area contributed by atoms with Crippen LogP contribution >= 0.6 is 31.9 Å². The van der Waals surface area contributed by atoms with Crippen LogP contribution in [0.4, 0.5) is 4.79 Å². The maximum absolute atomic E-state index is 11.8. The van der Waals surface area contributed by atoms with Crippen molar-refractivity contribution in [1.82, 2.24) is 5.06 Å². The van der Waals surface area contributed by atoms with Crippen LogP contribution < -0.4 is 0 Å². The first-order valence-corrected chi connectivity index (χ1v) is 7.36. The molecule has 19 heavy (non-hydrogen) atoms. The summed E-state index contributed by atoms with van der Waals surface area (Å²) in [5.74, 6) is -0.729. The van der Waals surface area contributed by atoms with E-state index < -0.39 is 22.4 Å². The summed E-state index contributed by atoms with van der Waals surface area (Å²) in [6.07, 6.45) is 0.620. The molecule has 1 amide bonds. The molecule has 2 fully saturated rings. The smallest absolute Gasteiger partial charge is 0.434 e. The fraction of sp³-hybridized carbons (Fsp3) is 0.727. The van der Waals surface area contributed by atoms with Gasteiger partial charge in [0.1, 0.15) is 18.2 Å². The van der Waals surface area contributed by atoms with Gasteiger partial charge >= 0.3 is 6.09 Å². The molecule has 0 saturated carbocycles. The second kappa shape index (κ2) is 4.17. The molecule has 0 aromatic carbocycles. The van der Waals surface area contributed by atoms with E-state index in [1.54, 1.807) is 0 Å². The van der Waals surface area contributed by atoms with Gasteiger partial charge in [0.05, 0.1) is 7.11 Å². The van der Waals surface area contributed by atoms with Gasteiger partial charge in [0, 0.05) is 4.48 Å². The Balaban J connectivity index is 2.01. The minimum Gasteiger partial charge on any atom is -0.451 e. The minimum absolute atomic E-state index is 0.316. The number of halogens is 2. The van der Waals surface area contributed by atoms with Crippen molar-refractivity contribution >= 4 is 38.0 Å². The Morgan fingerprint density at radius 2 is 2.16 bits per heavy atom. The predicted octanol–water partition coefficient (Wildman–Crippen LogP) is 2.27. The van der Waals surface area contributed by atoms with Crippen molar-refractivity contribution in [3.05, 3.63) is 10.6 Å². The largest absolute Gasteiger partial charge is 0.451 e. The Hall–Kier alpha value is -0.150. The topological polar surface area (TPSA) is 57.2 Å². The number of hydrogen-bond donors (Lipinski definition) is 0. The Morgan fingerprint density at radius 3 is 2.79 bits per heavy atom. The Kier molecular flexibility index (Phi) is 3.03. The number of rotatable bonds is 0. The summed E-state index contributed by atoms with van der Waals surface area (Å²) < 4.78 is 16.3. The third-order valence-corrected chi connectivity index (χ3v) is 5.74. The SMILES string of the molecule is COC(=O)N1OC2(Br)C(Br)=CC1[C@@H]1OC(C)(C)O[C@@H]12. The molecule has 4 rings (SSSR count). The van der Waals surface area contributed by atoms with E-state index in [1.165, 1.54) is 12.2 Å². The first-order chi connectivity index (χ1) is 8.78. The minimum atomic E-state index is -0.978. The molecule has 106 valence electrons. The normalized spacial score (nSPS) is 42.9. The van der Waals surface area contributed by atoms with Gasteiger partial charge in [0.2, 0.25) is 4.51 Å².